The third-order valence-electron chi connectivity index (χ3n) is 2.90. The van der Waals surface area contributed by atoms with E-state index in [1.165, 1.54) is 0 Å². The van der Waals surface area contributed by atoms with E-state index in [1.54, 1.807) is 30.3 Å². The van der Waals surface area contributed by atoms with Crippen molar-refractivity contribution in [2.75, 3.05) is 5.32 Å². The maximum Gasteiger partial charge on any atom is 0.265 e. The summed E-state index contributed by atoms with van der Waals surface area (Å²) in [6, 6.07) is 14.3. The van der Waals surface area contributed by atoms with Crippen LogP contribution in [-0.2, 0) is 4.79 Å². The third-order valence-corrected chi connectivity index (χ3v) is 3.53. The molecule has 0 fully saturated rings. The van der Waals surface area contributed by atoms with Gasteiger partial charge in [0.05, 0.1) is 15.7 Å². The zero-order chi connectivity index (χ0) is 15.2. The Morgan fingerprint density at radius 3 is 2.29 bits per heavy atom. The number of carbonyl (C=O) groups is 1. The van der Waals surface area contributed by atoms with Crippen molar-refractivity contribution >= 4 is 34.8 Å². The molecule has 110 valence electrons. The zero-order valence-electron chi connectivity index (χ0n) is 11.5. The van der Waals surface area contributed by atoms with Crippen LogP contribution in [-0.4, -0.2) is 12.0 Å². The van der Waals surface area contributed by atoms with Gasteiger partial charge in [-0.1, -0.05) is 54.4 Å². The van der Waals surface area contributed by atoms with Crippen molar-refractivity contribution < 1.29 is 9.53 Å². The average Bonchev–Trinajstić information content (AvgIpc) is 2.49. The van der Waals surface area contributed by atoms with Crippen molar-refractivity contribution in [3.05, 3.63) is 58.6 Å². The second kappa shape index (κ2) is 7.34. The highest BCUT2D eigenvalue weighted by Crippen LogP contribution is 2.30. The molecule has 0 aliphatic heterocycles. The van der Waals surface area contributed by atoms with Crippen LogP contribution in [0.5, 0.6) is 5.75 Å². The molecular formula is C16H15Cl2NO2. The van der Waals surface area contributed by atoms with Crippen molar-refractivity contribution in [3.8, 4) is 5.75 Å². The molecule has 2 aromatic carbocycles. The molecule has 0 heterocycles. The second-order valence-corrected chi connectivity index (χ2v) is 5.23. The molecule has 0 radical (unpaired) electrons. The predicted octanol–water partition coefficient (Wildman–Crippen LogP) is 4.79. The monoisotopic (exact) mass is 323 g/mol. The van der Waals surface area contributed by atoms with Gasteiger partial charge in [0, 0.05) is 0 Å². The summed E-state index contributed by atoms with van der Waals surface area (Å²) >= 11 is 12.1. The lowest BCUT2D eigenvalue weighted by atomic mass is 10.2. The van der Waals surface area contributed by atoms with Crippen LogP contribution >= 0.6 is 23.2 Å². The van der Waals surface area contributed by atoms with Crippen LogP contribution in [0.1, 0.15) is 13.3 Å². The summed E-state index contributed by atoms with van der Waals surface area (Å²) in [6.07, 6.45) is -0.0808. The highest BCUT2D eigenvalue weighted by Gasteiger charge is 2.20. The Labute approximate surface area is 133 Å². The number of nitrogens with one attached hydrogen (secondary N) is 1. The fraction of sp³-hybridized carbons (Fsp3) is 0.188. The van der Waals surface area contributed by atoms with Gasteiger partial charge in [-0.25, -0.2) is 0 Å². The van der Waals surface area contributed by atoms with E-state index in [9.17, 15) is 4.79 Å². The minimum atomic E-state index is -0.611. The van der Waals surface area contributed by atoms with E-state index in [0.717, 1.165) is 0 Å². The molecule has 0 saturated heterocycles. The van der Waals surface area contributed by atoms with Gasteiger partial charge in [-0.05, 0) is 30.7 Å². The lowest BCUT2D eigenvalue weighted by Crippen LogP contribution is -2.32. The molecule has 2 rings (SSSR count). The summed E-state index contributed by atoms with van der Waals surface area (Å²) in [4.78, 5) is 12.3. The van der Waals surface area contributed by atoms with Crippen molar-refractivity contribution in [2.45, 2.75) is 19.4 Å². The SMILES string of the molecule is CCC(Oc1ccccc1)C(=O)Nc1c(Cl)cccc1Cl. The highest BCUT2D eigenvalue weighted by molar-refractivity contribution is 6.39. The quantitative estimate of drug-likeness (QED) is 0.859. The number of rotatable bonds is 5. The van der Waals surface area contributed by atoms with E-state index in [-0.39, 0.29) is 5.91 Å². The Morgan fingerprint density at radius 2 is 1.71 bits per heavy atom. The van der Waals surface area contributed by atoms with Crippen LogP contribution in [0.3, 0.4) is 0 Å². The molecule has 1 atom stereocenters. The molecule has 0 aliphatic rings. The molecule has 21 heavy (non-hydrogen) atoms. The fourth-order valence-corrected chi connectivity index (χ4v) is 2.30. The van der Waals surface area contributed by atoms with Crippen molar-refractivity contribution in [3.63, 3.8) is 0 Å². The molecular weight excluding hydrogens is 309 g/mol. The van der Waals surface area contributed by atoms with Gasteiger partial charge in [0.1, 0.15) is 5.75 Å². The normalized spacial score (nSPS) is 11.8. The van der Waals surface area contributed by atoms with Gasteiger partial charge in [-0.3, -0.25) is 4.79 Å². The van der Waals surface area contributed by atoms with E-state index < -0.39 is 6.10 Å². The molecule has 1 amide bonds. The lowest BCUT2D eigenvalue weighted by Gasteiger charge is -2.18. The van der Waals surface area contributed by atoms with Gasteiger partial charge in [0.25, 0.3) is 5.91 Å². The fourth-order valence-electron chi connectivity index (χ4n) is 1.81. The summed E-state index contributed by atoms with van der Waals surface area (Å²) < 4.78 is 5.68. The molecule has 0 aromatic heterocycles. The second-order valence-electron chi connectivity index (χ2n) is 4.41. The minimum absolute atomic E-state index is 0.281. The molecule has 1 N–H and O–H groups in total. The van der Waals surface area contributed by atoms with E-state index >= 15 is 0 Å². The maximum atomic E-state index is 12.3. The Kier molecular flexibility index (Phi) is 5.48. The summed E-state index contributed by atoms with van der Waals surface area (Å²) in [5, 5.41) is 3.51. The molecule has 2 aromatic rings. The van der Waals surface area contributed by atoms with Gasteiger partial charge >= 0.3 is 0 Å². The predicted molar refractivity (Wildman–Crippen MR) is 86.2 cm³/mol. The molecule has 5 heteroatoms. The maximum absolute atomic E-state index is 12.3. The first-order valence-corrected chi connectivity index (χ1v) is 7.34. The number of benzene rings is 2. The average molecular weight is 324 g/mol. The topological polar surface area (TPSA) is 38.3 Å². The minimum Gasteiger partial charge on any atom is -0.481 e. The van der Waals surface area contributed by atoms with Gasteiger partial charge in [-0.2, -0.15) is 0 Å². The largest absolute Gasteiger partial charge is 0.481 e. The van der Waals surface area contributed by atoms with E-state index in [1.807, 2.05) is 25.1 Å². The first-order chi connectivity index (χ1) is 10.1. The van der Waals surface area contributed by atoms with Crippen LogP contribution < -0.4 is 10.1 Å². The number of halogens is 2. The standard InChI is InChI=1S/C16H15Cl2NO2/c1-2-14(21-11-7-4-3-5-8-11)16(20)19-15-12(17)9-6-10-13(15)18/h3-10,14H,2H2,1H3,(H,19,20). The molecule has 1 unspecified atom stereocenters. The summed E-state index contributed by atoms with van der Waals surface area (Å²) in [7, 11) is 0. The van der Waals surface area contributed by atoms with Gasteiger partial charge in [-0.15, -0.1) is 0 Å². The van der Waals surface area contributed by atoms with Crippen LogP contribution in [0.25, 0.3) is 0 Å². The van der Waals surface area contributed by atoms with Crippen LogP contribution in [0.4, 0.5) is 5.69 Å². The van der Waals surface area contributed by atoms with Crippen molar-refractivity contribution in [1.82, 2.24) is 0 Å². The Hall–Kier alpha value is -1.71. The number of para-hydroxylation sites is 2. The number of hydrogen-bond donors (Lipinski definition) is 1. The highest BCUT2D eigenvalue weighted by atomic mass is 35.5. The number of anilines is 1. The number of hydrogen-bond acceptors (Lipinski definition) is 2. The lowest BCUT2D eigenvalue weighted by molar-refractivity contribution is -0.122. The number of amides is 1. The van der Waals surface area contributed by atoms with E-state index in [0.29, 0.717) is 27.9 Å². The van der Waals surface area contributed by atoms with Gasteiger partial charge < -0.3 is 10.1 Å². The summed E-state index contributed by atoms with van der Waals surface area (Å²) in [5.74, 6) is 0.362. The van der Waals surface area contributed by atoms with Crippen molar-refractivity contribution in [1.29, 1.82) is 0 Å². The van der Waals surface area contributed by atoms with Crippen LogP contribution in [0.15, 0.2) is 48.5 Å². The first kappa shape index (κ1) is 15.7. The molecule has 0 aliphatic carbocycles. The van der Waals surface area contributed by atoms with Crippen molar-refractivity contribution in [2.24, 2.45) is 0 Å². The van der Waals surface area contributed by atoms with Gasteiger partial charge in [0.2, 0.25) is 0 Å². The molecule has 0 spiro atoms. The van der Waals surface area contributed by atoms with Crippen LogP contribution in [0.2, 0.25) is 10.0 Å². The Bertz CT molecular complexity index is 597. The summed E-state index contributed by atoms with van der Waals surface area (Å²) in [6.45, 7) is 1.88. The third kappa shape index (κ3) is 4.13. The molecule has 0 saturated carbocycles. The number of ether oxygens (including phenoxy) is 1. The van der Waals surface area contributed by atoms with E-state index in [4.69, 9.17) is 27.9 Å². The molecule has 3 nitrogen and oxygen atoms in total. The smallest absolute Gasteiger partial charge is 0.265 e. The first-order valence-electron chi connectivity index (χ1n) is 6.58. The Balaban J connectivity index is 2.10. The zero-order valence-corrected chi connectivity index (χ0v) is 13.0. The van der Waals surface area contributed by atoms with Gasteiger partial charge in [0.15, 0.2) is 6.10 Å². The number of carbonyl (C=O) groups excluding carboxylic acids is 1. The van der Waals surface area contributed by atoms with Crippen LogP contribution in [0, 0.1) is 0 Å². The van der Waals surface area contributed by atoms with E-state index in [2.05, 4.69) is 5.32 Å². The molecule has 0 bridgehead atoms. The summed E-state index contributed by atoms with van der Waals surface area (Å²) in [5.41, 5.74) is 0.404. The Morgan fingerprint density at radius 1 is 1.10 bits per heavy atom.